The van der Waals surface area contributed by atoms with Crippen LogP contribution in [-0.4, -0.2) is 12.2 Å². The molecule has 0 aromatic carbocycles. The van der Waals surface area contributed by atoms with E-state index in [9.17, 15) is 0 Å². The largest absolute Gasteiger partial charge is 0.370 e. The standard InChI is InChI=1S/C20H40O/c1-3-5-7-9-11-12-14-16-18-20-19(21-20)17-15-13-10-8-6-4-2/h19-20H,3-18H2,1-2H3/t19-,20+/m0/s1. The minimum absolute atomic E-state index is 0.640. The number of hydrogen-bond acceptors (Lipinski definition) is 1. The quantitative estimate of drug-likeness (QED) is 0.220. The van der Waals surface area contributed by atoms with Gasteiger partial charge in [0, 0.05) is 0 Å². The summed E-state index contributed by atoms with van der Waals surface area (Å²) in [7, 11) is 0. The molecule has 0 saturated carbocycles. The molecule has 0 N–H and O–H groups in total. The number of epoxide rings is 1. The molecule has 1 heteroatoms. The summed E-state index contributed by atoms with van der Waals surface area (Å²) >= 11 is 0. The number of hydrogen-bond donors (Lipinski definition) is 0. The van der Waals surface area contributed by atoms with Crippen LogP contribution in [-0.2, 0) is 4.74 Å². The van der Waals surface area contributed by atoms with E-state index >= 15 is 0 Å². The maximum Gasteiger partial charge on any atom is 0.0841 e. The fourth-order valence-electron chi connectivity index (χ4n) is 3.29. The lowest BCUT2D eigenvalue weighted by molar-refractivity contribution is 0.347. The second-order valence-electron chi connectivity index (χ2n) is 7.03. The highest BCUT2D eigenvalue weighted by Gasteiger charge is 2.36. The van der Waals surface area contributed by atoms with Crippen molar-refractivity contribution in [2.24, 2.45) is 0 Å². The van der Waals surface area contributed by atoms with Crippen molar-refractivity contribution >= 4 is 0 Å². The third-order valence-corrected chi connectivity index (χ3v) is 4.87. The molecule has 0 unspecified atom stereocenters. The Balaban J connectivity index is 1.74. The molecular weight excluding hydrogens is 256 g/mol. The Bertz CT molecular complexity index is 214. The minimum Gasteiger partial charge on any atom is -0.370 e. The van der Waals surface area contributed by atoms with Gasteiger partial charge in [0.2, 0.25) is 0 Å². The fourth-order valence-corrected chi connectivity index (χ4v) is 3.29. The van der Waals surface area contributed by atoms with E-state index in [4.69, 9.17) is 4.74 Å². The Hall–Kier alpha value is -0.0400. The molecule has 126 valence electrons. The van der Waals surface area contributed by atoms with Crippen molar-refractivity contribution in [1.29, 1.82) is 0 Å². The Kier molecular flexibility index (Phi) is 12.3. The lowest BCUT2D eigenvalue weighted by Gasteiger charge is -2.01. The van der Waals surface area contributed by atoms with Crippen molar-refractivity contribution in [2.75, 3.05) is 0 Å². The molecule has 2 atom stereocenters. The normalized spacial score (nSPS) is 20.9. The van der Waals surface area contributed by atoms with E-state index in [2.05, 4.69) is 13.8 Å². The first kappa shape index (κ1) is 19.0. The van der Waals surface area contributed by atoms with E-state index < -0.39 is 0 Å². The van der Waals surface area contributed by atoms with Crippen molar-refractivity contribution < 1.29 is 4.74 Å². The van der Waals surface area contributed by atoms with Gasteiger partial charge in [-0.2, -0.15) is 0 Å². The predicted octanol–water partition coefficient (Wildman–Crippen LogP) is 7.04. The summed E-state index contributed by atoms with van der Waals surface area (Å²) in [6.45, 7) is 4.57. The molecule has 0 spiro atoms. The minimum atomic E-state index is 0.640. The molecule has 0 radical (unpaired) electrons. The molecule has 1 aliphatic heterocycles. The molecule has 1 nitrogen and oxygen atoms in total. The van der Waals surface area contributed by atoms with Crippen molar-refractivity contribution in [3.8, 4) is 0 Å². The summed E-state index contributed by atoms with van der Waals surface area (Å²) in [5.74, 6) is 0. The molecule has 1 aliphatic rings. The number of rotatable bonds is 16. The Morgan fingerprint density at radius 1 is 0.476 bits per heavy atom. The molecule has 0 aliphatic carbocycles. The molecule has 1 fully saturated rings. The topological polar surface area (TPSA) is 12.5 Å². The summed E-state index contributed by atoms with van der Waals surface area (Å²) in [6.07, 6.45) is 23.8. The van der Waals surface area contributed by atoms with E-state index in [0.717, 1.165) is 0 Å². The van der Waals surface area contributed by atoms with Gasteiger partial charge in [-0.1, -0.05) is 104 Å². The molecule has 0 bridgehead atoms. The molecule has 0 amide bonds. The summed E-state index contributed by atoms with van der Waals surface area (Å²) in [5.41, 5.74) is 0. The fraction of sp³-hybridized carbons (Fsp3) is 1.00. The first-order valence-corrected chi connectivity index (χ1v) is 10.0. The molecule has 1 rings (SSSR count). The van der Waals surface area contributed by atoms with Crippen molar-refractivity contribution in [1.82, 2.24) is 0 Å². The van der Waals surface area contributed by atoms with Gasteiger partial charge in [0.25, 0.3) is 0 Å². The molecule has 1 heterocycles. The first-order valence-electron chi connectivity index (χ1n) is 10.0. The zero-order valence-corrected chi connectivity index (χ0v) is 14.9. The van der Waals surface area contributed by atoms with Crippen LogP contribution in [0.1, 0.15) is 117 Å². The van der Waals surface area contributed by atoms with Gasteiger partial charge in [-0.15, -0.1) is 0 Å². The molecule has 0 aromatic heterocycles. The van der Waals surface area contributed by atoms with Gasteiger partial charge in [0.1, 0.15) is 0 Å². The number of ether oxygens (including phenoxy) is 1. The van der Waals surface area contributed by atoms with Crippen molar-refractivity contribution in [2.45, 2.75) is 129 Å². The third-order valence-electron chi connectivity index (χ3n) is 4.87. The van der Waals surface area contributed by atoms with Gasteiger partial charge in [-0.05, 0) is 12.8 Å². The van der Waals surface area contributed by atoms with E-state index in [0.29, 0.717) is 12.2 Å². The Morgan fingerprint density at radius 3 is 1.19 bits per heavy atom. The SMILES string of the molecule is CCCCCCCCCC[C@H]1O[C@H]1CCCCCCCC. The third kappa shape index (κ3) is 11.2. The Morgan fingerprint density at radius 2 is 0.810 bits per heavy atom. The average molecular weight is 297 g/mol. The van der Waals surface area contributed by atoms with Crippen LogP contribution in [0.25, 0.3) is 0 Å². The van der Waals surface area contributed by atoms with Crippen LogP contribution in [0.4, 0.5) is 0 Å². The van der Waals surface area contributed by atoms with Gasteiger partial charge < -0.3 is 4.74 Å². The van der Waals surface area contributed by atoms with Gasteiger partial charge in [0.05, 0.1) is 12.2 Å². The highest BCUT2D eigenvalue weighted by molar-refractivity contribution is 4.84. The average Bonchev–Trinajstić information content (AvgIpc) is 3.24. The maximum atomic E-state index is 5.80. The zero-order valence-electron chi connectivity index (χ0n) is 14.9. The zero-order chi connectivity index (χ0) is 15.2. The summed E-state index contributed by atoms with van der Waals surface area (Å²) in [4.78, 5) is 0. The van der Waals surface area contributed by atoms with Crippen LogP contribution in [0.3, 0.4) is 0 Å². The van der Waals surface area contributed by atoms with Crippen LogP contribution >= 0.6 is 0 Å². The van der Waals surface area contributed by atoms with Gasteiger partial charge in [-0.25, -0.2) is 0 Å². The first-order chi connectivity index (χ1) is 10.4. The predicted molar refractivity (Wildman–Crippen MR) is 93.9 cm³/mol. The van der Waals surface area contributed by atoms with Gasteiger partial charge in [0.15, 0.2) is 0 Å². The molecule has 1 saturated heterocycles. The summed E-state index contributed by atoms with van der Waals surface area (Å²) < 4.78 is 5.80. The molecule has 21 heavy (non-hydrogen) atoms. The summed E-state index contributed by atoms with van der Waals surface area (Å²) in [6, 6.07) is 0. The molecular formula is C20H40O. The smallest absolute Gasteiger partial charge is 0.0841 e. The highest BCUT2D eigenvalue weighted by atomic mass is 16.6. The summed E-state index contributed by atoms with van der Waals surface area (Å²) in [5, 5.41) is 0. The van der Waals surface area contributed by atoms with Crippen molar-refractivity contribution in [3.63, 3.8) is 0 Å². The monoisotopic (exact) mass is 296 g/mol. The second kappa shape index (κ2) is 13.6. The lowest BCUT2D eigenvalue weighted by atomic mass is 10.0. The van der Waals surface area contributed by atoms with Crippen LogP contribution in [0.5, 0.6) is 0 Å². The lowest BCUT2D eigenvalue weighted by Crippen LogP contribution is -1.94. The van der Waals surface area contributed by atoms with Crippen LogP contribution in [0, 0.1) is 0 Å². The van der Waals surface area contributed by atoms with E-state index in [1.807, 2.05) is 0 Å². The molecule has 0 aromatic rings. The van der Waals surface area contributed by atoms with Crippen LogP contribution in [0.2, 0.25) is 0 Å². The van der Waals surface area contributed by atoms with E-state index in [1.165, 1.54) is 103 Å². The van der Waals surface area contributed by atoms with E-state index in [1.54, 1.807) is 0 Å². The van der Waals surface area contributed by atoms with Gasteiger partial charge in [-0.3, -0.25) is 0 Å². The van der Waals surface area contributed by atoms with E-state index in [-0.39, 0.29) is 0 Å². The van der Waals surface area contributed by atoms with Crippen LogP contribution < -0.4 is 0 Å². The Labute approximate surface area is 134 Å². The maximum absolute atomic E-state index is 5.80. The van der Waals surface area contributed by atoms with Gasteiger partial charge >= 0.3 is 0 Å². The van der Waals surface area contributed by atoms with Crippen molar-refractivity contribution in [3.05, 3.63) is 0 Å². The number of unbranched alkanes of at least 4 members (excludes halogenated alkanes) is 12. The second-order valence-corrected chi connectivity index (χ2v) is 7.03. The van der Waals surface area contributed by atoms with Crippen LogP contribution in [0.15, 0.2) is 0 Å². The highest BCUT2D eigenvalue weighted by Crippen LogP contribution is 2.31.